The van der Waals surface area contributed by atoms with Crippen LogP contribution in [0.15, 0.2) is 122 Å². The first kappa shape index (κ1) is 90.2. The maximum absolute atomic E-state index is 12.9. The number of nitrogens with one attached hydrogen (secondary N) is 1. The maximum Gasteiger partial charge on any atom is 0.305 e. The number of carboxylic acid groups (broad SMARTS) is 1. The van der Waals surface area contributed by atoms with Crippen molar-refractivity contribution in [2.45, 2.75) is 84.3 Å². The molecule has 1 aliphatic heterocycles. The number of nitrogens with zero attached hydrogens (tertiary/aromatic N) is 1. The molecule has 0 spiro atoms. The van der Waals surface area contributed by atoms with Gasteiger partial charge in [0.15, 0.2) is 0 Å². The summed E-state index contributed by atoms with van der Waals surface area (Å²) in [7, 11) is -9.17. The average Bonchev–Trinajstić information content (AvgIpc) is 1.59. The second-order valence-electron chi connectivity index (χ2n) is 24.5. The number of rotatable bonds is 62. The SMILES string of the molecule is COCCOCCOCCOCCNc1ccc(S(=O)(=O)O)cc1C(C)(C/C=C/C1=C(Oc2ccc(S(=O)(=O)O)cc2)C(=C/C=C2/N(CCOCCOCCOCCOCCC(=O)O)c3ccc(S(=O)(=O)O)cc3C2(C)CCOCCOCCOCCOC)/CCC1)CCOCCOCCOCCOC. The second kappa shape index (κ2) is 50.3. The molecule has 2 atom stereocenters. The van der Waals surface area contributed by atoms with E-state index >= 15 is 0 Å². The molecule has 3 aromatic carbocycles. The first-order valence-corrected chi connectivity index (χ1v) is 39.4. The zero-order valence-corrected chi connectivity index (χ0v) is 63.7. The summed E-state index contributed by atoms with van der Waals surface area (Å²) in [6, 6.07) is 14.2. The zero-order valence-electron chi connectivity index (χ0n) is 61.2. The van der Waals surface area contributed by atoms with E-state index in [1.54, 1.807) is 33.5 Å². The minimum atomic E-state index is -4.69. The van der Waals surface area contributed by atoms with Gasteiger partial charge in [-0.3, -0.25) is 18.5 Å². The molecular weight excluding hydrogens is 1440 g/mol. The van der Waals surface area contributed by atoms with Crippen LogP contribution in [-0.4, -0.2) is 276 Å². The minimum Gasteiger partial charge on any atom is -0.481 e. The summed E-state index contributed by atoms with van der Waals surface area (Å²) < 4.78 is 203. The van der Waals surface area contributed by atoms with Crippen molar-refractivity contribution in [2.75, 3.05) is 236 Å². The highest BCUT2D eigenvalue weighted by molar-refractivity contribution is 7.86. The van der Waals surface area contributed by atoms with E-state index in [2.05, 4.69) is 5.32 Å². The number of carbonyl (C=O) groups is 1. The molecule has 0 fully saturated rings. The molecule has 30 nitrogen and oxygen atoms in total. The van der Waals surface area contributed by atoms with E-state index in [9.17, 15) is 43.7 Å². The Balaban J connectivity index is 1.53. The largest absolute Gasteiger partial charge is 0.481 e. The van der Waals surface area contributed by atoms with Crippen LogP contribution < -0.4 is 15.0 Å². The van der Waals surface area contributed by atoms with Crippen molar-refractivity contribution in [2.24, 2.45) is 0 Å². The molecule has 1 aliphatic carbocycles. The van der Waals surface area contributed by atoms with Gasteiger partial charge in [-0.1, -0.05) is 25.2 Å². The molecule has 0 saturated heterocycles. The highest BCUT2D eigenvalue weighted by Crippen LogP contribution is 2.51. The van der Waals surface area contributed by atoms with Crippen molar-refractivity contribution in [1.29, 1.82) is 0 Å². The zero-order chi connectivity index (χ0) is 76.1. The van der Waals surface area contributed by atoms with E-state index < -0.39 is 47.2 Å². The maximum atomic E-state index is 12.9. The third-order valence-corrected chi connectivity index (χ3v) is 19.3. The number of anilines is 2. The topological polar surface area (TPSA) is 373 Å². The number of hydrogen-bond donors (Lipinski definition) is 5. The molecule has 0 radical (unpaired) electrons. The van der Waals surface area contributed by atoms with E-state index in [0.717, 1.165) is 16.8 Å². The van der Waals surface area contributed by atoms with Gasteiger partial charge >= 0.3 is 5.97 Å². The summed E-state index contributed by atoms with van der Waals surface area (Å²) in [4.78, 5) is 11.8. The third kappa shape index (κ3) is 34.4. The average molecular weight is 1550 g/mol. The van der Waals surface area contributed by atoms with Crippen molar-refractivity contribution < 1.29 is 129 Å². The lowest BCUT2D eigenvalue weighted by Gasteiger charge is -2.32. The minimum absolute atomic E-state index is 0.0872. The number of methoxy groups -OCH3 is 3. The molecule has 0 bridgehead atoms. The second-order valence-corrected chi connectivity index (χ2v) is 28.8. The Morgan fingerprint density at radius 3 is 1.46 bits per heavy atom. The molecule has 105 heavy (non-hydrogen) atoms. The molecule has 2 aliphatic rings. The molecular formula is C72H110N2O28S3. The van der Waals surface area contributed by atoms with E-state index in [1.807, 2.05) is 43.1 Å². The molecule has 33 heteroatoms. The highest BCUT2D eigenvalue weighted by atomic mass is 32.2. The summed E-state index contributed by atoms with van der Waals surface area (Å²) in [5, 5.41) is 12.2. The molecule has 5 N–H and O–H groups in total. The van der Waals surface area contributed by atoms with Gasteiger partial charge < -0.3 is 95.8 Å². The number of ether oxygens (including phenoxy) is 17. The Hall–Kier alpha value is -5.42. The first-order valence-electron chi connectivity index (χ1n) is 35.1. The monoisotopic (exact) mass is 1550 g/mol. The lowest BCUT2D eigenvalue weighted by atomic mass is 9.75. The van der Waals surface area contributed by atoms with Gasteiger partial charge in [0.05, 0.1) is 199 Å². The van der Waals surface area contributed by atoms with Crippen molar-refractivity contribution in [3.05, 3.63) is 119 Å². The summed E-state index contributed by atoms with van der Waals surface area (Å²) in [5.41, 5.74) is 2.71. The molecule has 0 aromatic heterocycles. The van der Waals surface area contributed by atoms with Gasteiger partial charge in [0.25, 0.3) is 30.4 Å². The normalized spacial score (nSPS) is 16.5. The van der Waals surface area contributed by atoms with E-state index in [1.165, 1.54) is 48.5 Å². The van der Waals surface area contributed by atoms with Crippen molar-refractivity contribution in [3.8, 4) is 5.75 Å². The van der Waals surface area contributed by atoms with Gasteiger partial charge in [0, 0.05) is 75.5 Å². The van der Waals surface area contributed by atoms with Gasteiger partial charge in [0.2, 0.25) is 0 Å². The van der Waals surface area contributed by atoms with Crippen LogP contribution in [0.4, 0.5) is 11.4 Å². The molecule has 2 unspecified atom stereocenters. The summed E-state index contributed by atoms with van der Waals surface area (Å²) >= 11 is 0. The van der Waals surface area contributed by atoms with Crippen LogP contribution in [-0.2, 0) is 122 Å². The molecule has 0 saturated carbocycles. The van der Waals surface area contributed by atoms with Gasteiger partial charge in [0.1, 0.15) is 11.5 Å². The summed E-state index contributed by atoms with van der Waals surface area (Å²) in [6.07, 6.45) is 10.3. The van der Waals surface area contributed by atoms with Gasteiger partial charge in [-0.05, 0) is 134 Å². The van der Waals surface area contributed by atoms with Crippen LogP contribution >= 0.6 is 0 Å². The van der Waals surface area contributed by atoms with E-state index in [-0.39, 0.29) is 139 Å². The Morgan fingerprint density at radius 2 is 0.962 bits per heavy atom. The fourth-order valence-electron chi connectivity index (χ4n) is 11.1. The lowest BCUT2D eigenvalue weighted by molar-refractivity contribution is -0.138. The molecule has 594 valence electrons. The Kier molecular flexibility index (Phi) is 43.2. The molecule has 5 rings (SSSR count). The number of benzene rings is 3. The van der Waals surface area contributed by atoms with E-state index in [0.29, 0.717) is 159 Å². The van der Waals surface area contributed by atoms with Crippen molar-refractivity contribution >= 4 is 47.7 Å². The third-order valence-electron chi connectivity index (χ3n) is 16.8. The summed E-state index contributed by atoms with van der Waals surface area (Å²) in [5.74, 6) is -0.268. The summed E-state index contributed by atoms with van der Waals surface area (Å²) in [6.45, 7) is 13.6. The number of allylic oxidation sites excluding steroid dienone is 7. The van der Waals surface area contributed by atoms with Crippen molar-refractivity contribution in [3.63, 3.8) is 0 Å². The van der Waals surface area contributed by atoms with Gasteiger partial charge in [-0.25, -0.2) is 0 Å². The highest BCUT2D eigenvalue weighted by Gasteiger charge is 2.44. The van der Waals surface area contributed by atoms with Crippen LogP contribution in [0, 0.1) is 0 Å². The predicted octanol–water partition coefficient (Wildman–Crippen LogP) is 7.56. The van der Waals surface area contributed by atoms with Crippen LogP contribution in [0.25, 0.3) is 0 Å². The van der Waals surface area contributed by atoms with Crippen LogP contribution in [0.5, 0.6) is 5.75 Å². The van der Waals surface area contributed by atoms with E-state index in [4.69, 9.17) is 85.6 Å². The number of fused-ring (bicyclic) bond motifs is 1. The van der Waals surface area contributed by atoms with Crippen molar-refractivity contribution in [1.82, 2.24) is 0 Å². The van der Waals surface area contributed by atoms with Crippen LogP contribution in [0.2, 0.25) is 0 Å². The predicted molar refractivity (Wildman–Crippen MR) is 388 cm³/mol. The number of hydrogen-bond acceptors (Lipinski definition) is 26. The first-order chi connectivity index (χ1) is 50.6. The molecule has 0 amide bonds. The standard InChI is InChI=1S/C72H110N2O28S3/c1-71(23-28-90-39-44-98-51-48-94-35-32-86-3,64-56-62(104(80,81)82)16-18-66(64)73-25-30-92-41-46-100-53-50-96-37-34-88-5)22-7-10-58-8-6-9-59(70(58)102-60-12-14-61(15-13-60)103(77,78)79)11-20-68-72(2,24-29-91-40-45-99-52-49-95-36-33-87-4)65-57-63(105(83,84)85)17-19-67(65)74(68)26-31-93-42-47-101-55-54-97-43-38-89-27-21-69(75)76/h7,10-20,56-57,73H,6,8-9,21-55H2,1-5H3,(H,75,76)(H,77,78,79)(H,80,81,82)(H,83,84,85)/b10-7+,59-11+,68-20+. The lowest BCUT2D eigenvalue weighted by Crippen LogP contribution is -2.32. The van der Waals surface area contributed by atoms with Crippen LogP contribution in [0.3, 0.4) is 0 Å². The number of aliphatic carboxylic acids is 1. The number of carboxylic acids is 1. The Bertz CT molecular complexity index is 3470. The Morgan fingerprint density at radius 1 is 0.524 bits per heavy atom. The smallest absolute Gasteiger partial charge is 0.305 e. The van der Waals surface area contributed by atoms with Crippen LogP contribution in [0.1, 0.15) is 69.9 Å². The molecule has 1 heterocycles. The quantitative estimate of drug-likeness (QED) is 0.0269. The fraction of sp³-hybridized carbons (Fsp3) is 0.625. The van der Waals surface area contributed by atoms with Gasteiger partial charge in [-0.15, -0.1) is 0 Å². The van der Waals surface area contributed by atoms with Gasteiger partial charge in [-0.2, -0.15) is 25.3 Å². The Labute approximate surface area is 619 Å². The fourth-order valence-corrected chi connectivity index (χ4v) is 12.6. The molecule has 3 aromatic rings.